The summed E-state index contributed by atoms with van der Waals surface area (Å²) in [6.07, 6.45) is 3.64. The lowest BCUT2D eigenvalue weighted by atomic mass is 9.88. The molecule has 7 nitrogen and oxygen atoms in total. The summed E-state index contributed by atoms with van der Waals surface area (Å²) in [5, 5.41) is 8.34. The smallest absolute Gasteiger partial charge is 0.183 e. The summed E-state index contributed by atoms with van der Waals surface area (Å²) in [5.74, 6) is 7.96. The Morgan fingerprint density at radius 2 is 2.00 bits per heavy atom. The van der Waals surface area contributed by atoms with E-state index >= 15 is 0 Å². The van der Waals surface area contributed by atoms with Gasteiger partial charge in [-0.2, -0.15) is 5.10 Å². The average Bonchev–Trinajstić information content (AvgIpc) is 2.68. The molecule has 2 aromatic rings. The second kappa shape index (κ2) is 7.76. The molecule has 0 saturated carbocycles. The van der Waals surface area contributed by atoms with E-state index in [9.17, 15) is 0 Å². The molecule has 0 bridgehead atoms. The molecule has 2 heterocycles. The fraction of sp³-hybridized carbons (Fsp3) is 0.412. The van der Waals surface area contributed by atoms with Gasteiger partial charge in [0.25, 0.3) is 0 Å². The molecule has 0 unspecified atom stereocenters. The van der Waals surface area contributed by atoms with Gasteiger partial charge in [-0.15, -0.1) is 5.10 Å². The van der Waals surface area contributed by atoms with Crippen molar-refractivity contribution in [2.75, 3.05) is 37.6 Å². The number of methoxy groups -OCH3 is 2. The third-order valence-corrected chi connectivity index (χ3v) is 4.99. The fourth-order valence-electron chi connectivity index (χ4n) is 3.27. The third kappa shape index (κ3) is 3.57. The van der Waals surface area contributed by atoms with Crippen LogP contribution in [0.2, 0.25) is 5.02 Å². The number of nitrogen functional groups attached to an aromatic ring is 1. The van der Waals surface area contributed by atoms with Crippen LogP contribution >= 0.6 is 11.6 Å². The van der Waals surface area contributed by atoms with Crippen LogP contribution in [0.4, 0.5) is 11.5 Å². The second-order valence-corrected chi connectivity index (χ2v) is 6.28. The van der Waals surface area contributed by atoms with Crippen LogP contribution in [0.15, 0.2) is 24.4 Å². The molecule has 3 rings (SSSR count). The van der Waals surface area contributed by atoms with Crippen molar-refractivity contribution in [1.82, 2.24) is 10.2 Å². The molecule has 0 aliphatic carbocycles. The van der Waals surface area contributed by atoms with Crippen molar-refractivity contribution in [3.63, 3.8) is 0 Å². The quantitative estimate of drug-likeness (QED) is 0.624. The molecule has 0 spiro atoms. The number of benzene rings is 1. The van der Waals surface area contributed by atoms with E-state index in [0.29, 0.717) is 16.8 Å². The van der Waals surface area contributed by atoms with Gasteiger partial charge in [-0.05, 0) is 37.0 Å². The Kier molecular flexibility index (Phi) is 5.45. The van der Waals surface area contributed by atoms with E-state index in [4.69, 9.17) is 26.9 Å². The van der Waals surface area contributed by atoms with Gasteiger partial charge in [-0.1, -0.05) is 11.6 Å². The minimum absolute atomic E-state index is 0.385. The number of hydrogen-bond donors (Lipinski definition) is 2. The molecule has 134 valence electrons. The molecular weight excluding hydrogens is 342 g/mol. The number of nitrogens with one attached hydrogen (secondary N) is 1. The lowest BCUT2D eigenvalue weighted by Gasteiger charge is -2.34. The first kappa shape index (κ1) is 17.6. The van der Waals surface area contributed by atoms with E-state index in [-0.39, 0.29) is 0 Å². The number of nitrogens with two attached hydrogens (primary N) is 1. The maximum Gasteiger partial charge on any atom is 0.183 e. The van der Waals surface area contributed by atoms with Gasteiger partial charge in [-0.3, -0.25) is 0 Å². The van der Waals surface area contributed by atoms with Gasteiger partial charge in [0.2, 0.25) is 0 Å². The van der Waals surface area contributed by atoms with Gasteiger partial charge >= 0.3 is 0 Å². The number of hydrazine groups is 1. The van der Waals surface area contributed by atoms with Crippen molar-refractivity contribution >= 4 is 23.1 Å². The number of hydrogen-bond acceptors (Lipinski definition) is 7. The molecular formula is C17H22ClN5O2. The van der Waals surface area contributed by atoms with Gasteiger partial charge < -0.3 is 19.8 Å². The maximum absolute atomic E-state index is 6.36. The molecule has 1 aromatic heterocycles. The van der Waals surface area contributed by atoms with Crippen molar-refractivity contribution < 1.29 is 9.47 Å². The molecule has 25 heavy (non-hydrogen) atoms. The first-order chi connectivity index (χ1) is 12.2. The first-order valence-electron chi connectivity index (χ1n) is 8.12. The SMILES string of the molecule is COc1ccc(OC)c(C2CCN(c3cnnc(NN)c3Cl)CC2)c1. The lowest BCUT2D eigenvalue weighted by molar-refractivity contribution is 0.388. The molecule has 0 amide bonds. The second-order valence-electron chi connectivity index (χ2n) is 5.91. The summed E-state index contributed by atoms with van der Waals surface area (Å²) >= 11 is 6.36. The van der Waals surface area contributed by atoms with E-state index in [1.54, 1.807) is 20.4 Å². The van der Waals surface area contributed by atoms with E-state index in [0.717, 1.165) is 43.1 Å². The van der Waals surface area contributed by atoms with E-state index in [1.165, 1.54) is 5.56 Å². The minimum atomic E-state index is 0.385. The van der Waals surface area contributed by atoms with Gasteiger partial charge in [0.15, 0.2) is 5.82 Å². The summed E-state index contributed by atoms with van der Waals surface area (Å²) < 4.78 is 10.9. The maximum atomic E-state index is 6.36. The number of piperidine rings is 1. The number of ether oxygens (including phenoxy) is 2. The summed E-state index contributed by atoms with van der Waals surface area (Å²) in [6, 6.07) is 5.95. The Hall–Kier alpha value is -2.25. The van der Waals surface area contributed by atoms with E-state index < -0.39 is 0 Å². The number of halogens is 1. The Morgan fingerprint density at radius 3 is 2.64 bits per heavy atom. The summed E-state index contributed by atoms with van der Waals surface area (Å²) in [6.45, 7) is 1.72. The van der Waals surface area contributed by atoms with Gasteiger partial charge in [0.05, 0.1) is 26.1 Å². The standard InChI is InChI=1S/C17H22ClN5O2/c1-24-12-3-4-15(25-2)13(9-12)11-5-7-23(8-6-11)14-10-20-22-17(21-19)16(14)18/h3-4,9-11H,5-8,19H2,1-2H3,(H,21,22). The summed E-state index contributed by atoms with van der Waals surface area (Å²) in [4.78, 5) is 2.21. The average molecular weight is 364 g/mol. The Balaban J connectivity index is 1.76. The molecule has 3 N–H and O–H groups in total. The van der Waals surface area contributed by atoms with Crippen LogP contribution in [-0.2, 0) is 0 Å². The largest absolute Gasteiger partial charge is 0.497 e. The van der Waals surface area contributed by atoms with Crippen LogP contribution in [0.3, 0.4) is 0 Å². The van der Waals surface area contributed by atoms with Gasteiger partial charge in [0, 0.05) is 18.7 Å². The zero-order valence-electron chi connectivity index (χ0n) is 14.3. The number of nitrogens with zero attached hydrogens (tertiary/aromatic N) is 3. The van der Waals surface area contributed by atoms with Gasteiger partial charge in [0.1, 0.15) is 16.5 Å². The fourth-order valence-corrected chi connectivity index (χ4v) is 3.53. The molecule has 1 aliphatic rings. The lowest BCUT2D eigenvalue weighted by Crippen LogP contribution is -2.33. The number of rotatable bonds is 5. The topological polar surface area (TPSA) is 85.5 Å². The van der Waals surface area contributed by atoms with Crippen molar-refractivity contribution in [1.29, 1.82) is 0 Å². The van der Waals surface area contributed by atoms with E-state index in [2.05, 4.69) is 26.6 Å². The van der Waals surface area contributed by atoms with Crippen LogP contribution in [-0.4, -0.2) is 37.5 Å². The number of anilines is 2. The Bertz CT molecular complexity index is 735. The van der Waals surface area contributed by atoms with Crippen molar-refractivity contribution in [3.8, 4) is 11.5 Å². The zero-order chi connectivity index (χ0) is 17.8. The van der Waals surface area contributed by atoms with Crippen LogP contribution < -0.4 is 25.6 Å². The molecule has 1 fully saturated rings. The van der Waals surface area contributed by atoms with Crippen molar-refractivity contribution in [2.24, 2.45) is 5.84 Å². The van der Waals surface area contributed by atoms with Crippen LogP contribution in [0.25, 0.3) is 0 Å². The van der Waals surface area contributed by atoms with Gasteiger partial charge in [-0.25, -0.2) is 5.84 Å². The Labute approximate surface area is 152 Å². The predicted octanol–water partition coefficient (Wildman–Crippen LogP) is 2.82. The first-order valence-corrected chi connectivity index (χ1v) is 8.50. The highest BCUT2D eigenvalue weighted by molar-refractivity contribution is 6.35. The third-order valence-electron chi connectivity index (χ3n) is 4.62. The van der Waals surface area contributed by atoms with Crippen LogP contribution in [0.5, 0.6) is 11.5 Å². The highest BCUT2D eigenvalue weighted by Gasteiger charge is 2.25. The normalized spacial score (nSPS) is 15.1. The molecule has 1 aromatic carbocycles. The van der Waals surface area contributed by atoms with Crippen molar-refractivity contribution in [2.45, 2.75) is 18.8 Å². The van der Waals surface area contributed by atoms with Crippen LogP contribution in [0, 0.1) is 0 Å². The Morgan fingerprint density at radius 1 is 1.24 bits per heavy atom. The zero-order valence-corrected chi connectivity index (χ0v) is 15.1. The number of aromatic nitrogens is 2. The van der Waals surface area contributed by atoms with Crippen LogP contribution in [0.1, 0.15) is 24.3 Å². The van der Waals surface area contributed by atoms with E-state index in [1.807, 2.05) is 12.1 Å². The molecule has 1 saturated heterocycles. The summed E-state index contributed by atoms with van der Waals surface area (Å²) in [5.41, 5.74) is 4.51. The molecule has 0 atom stereocenters. The minimum Gasteiger partial charge on any atom is -0.497 e. The predicted molar refractivity (Wildman–Crippen MR) is 98.6 cm³/mol. The molecule has 0 radical (unpaired) electrons. The highest BCUT2D eigenvalue weighted by atomic mass is 35.5. The van der Waals surface area contributed by atoms with Crippen molar-refractivity contribution in [3.05, 3.63) is 35.0 Å². The monoisotopic (exact) mass is 363 g/mol. The molecule has 1 aliphatic heterocycles. The highest BCUT2D eigenvalue weighted by Crippen LogP contribution is 2.39. The molecule has 8 heteroatoms. The summed E-state index contributed by atoms with van der Waals surface area (Å²) in [7, 11) is 3.37.